The van der Waals surface area contributed by atoms with Crippen LogP contribution in [-0.2, 0) is 0 Å². The van der Waals surface area contributed by atoms with E-state index in [9.17, 15) is 0 Å². The van der Waals surface area contributed by atoms with Gasteiger partial charge in [-0.15, -0.1) is 13.2 Å². The fourth-order valence-electron chi connectivity index (χ4n) is 0.743. The summed E-state index contributed by atoms with van der Waals surface area (Å²) in [4.78, 5) is 0. The summed E-state index contributed by atoms with van der Waals surface area (Å²) in [5, 5.41) is 0. The fourth-order valence-corrected chi connectivity index (χ4v) is 0.743. The topological polar surface area (TPSA) is 26.0 Å². The predicted molar refractivity (Wildman–Crippen MR) is 42.2 cm³/mol. The Morgan fingerprint density at radius 1 is 1.33 bits per heavy atom. The van der Waals surface area contributed by atoms with Crippen LogP contribution in [0.25, 0.3) is 0 Å². The second kappa shape index (κ2) is 3.46. The van der Waals surface area contributed by atoms with Crippen LogP contribution in [0.5, 0.6) is 0 Å². The second-order valence-corrected chi connectivity index (χ2v) is 2.64. The van der Waals surface area contributed by atoms with E-state index >= 15 is 0 Å². The molecule has 52 valence electrons. The number of hydrogen-bond donors (Lipinski definition) is 1. The molecule has 0 aliphatic heterocycles. The average molecular weight is 125 g/mol. The quantitative estimate of drug-likeness (QED) is 0.570. The molecule has 0 fully saturated rings. The van der Waals surface area contributed by atoms with E-state index in [-0.39, 0.29) is 5.54 Å². The van der Waals surface area contributed by atoms with Crippen molar-refractivity contribution in [3.63, 3.8) is 0 Å². The van der Waals surface area contributed by atoms with Gasteiger partial charge in [0.1, 0.15) is 0 Å². The molecule has 2 N–H and O–H groups in total. The van der Waals surface area contributed by atoms with Gasteiger partial charge in [-0.25, -0.2) is 0 Å². The molecule has 0 rings (SSSR count). The molecule has 0 aromatic carbocycles. The Balaban J connectivity index is 3.68. The summed E-state index contributed by atoms with van der Waals surface area (Å²) in [6, 6.07) is 0. The third kappa shape index (κ3) is 3.98. The molecule has 1 heteroatoms. The summed E-state index contributed by atoms with van der Waals surface area (Å²) in [6.45, 7) is 9.22. The lowest BCUT2D eigenvalue weighted by molar-refractivity contribution is 0.482. The third-order valence-corrected chi connectivity index (χ3v) is 1.22. The lowest BCUT2D eigenvalue weighted by atomic mass is 9.95. The van der Waals surface area contributed by atoms with Crippen molar-refractivity contribution in [3.05, 3.63) is 25.3 Å². The first-order valence-corrected chi connectivity index (χ1v) is 3.13. The van der Waals surface area contributed by atoms with Gasteiger partial charge in [0.2, 0.25) is 0 Å². The predicted octanol–water partition coefficient (Wildman–Crippen LogP) is 1.86. The number of nitrogens with two attached hydrogens (primary N) is 1. The smallest absolute Gasteiger partial charge is 0.0195 e. The Labute approximate surface area is 57.3 Å². The minimum atomic E-state index is -0.135. The van der Waals surface area contributed by atoms with Crippen LogP contribution in [0.3, 0.4) is 0 Å². The first kappa shape index (κ1) is 8.44. The molecule has 0 aromatic rings. The Bertz CT molecular complexity index is 91.1. The van der Waals surface area contributed by atoms with Gasteiger partial charge in [-0.3, -0.25) is 0 Å². The molecule has 0 aliphatic rings. The highest BCUT2D eigenvalue weighted by molar-refractivity contribution is 4.91. The normalized spacial score (nSPS) is 10.9. The van der Waals surface area contributed by atoms with Crippen LogP contribution in [-0.4, -0.2) is 5.54 Å². The van der Waals surface area contributed by atoms with E-state index < -0.39 is 0 Å². The molecule has 0 aromatic heterocycles. The maximum atomic E-state index is 5.80. The molecule has 0 aliphatic carbocycles. The molecule has 0 heterocycles. The summed E-state index contributed by atoms with van der Waals surface area (Å²) in [5.74, 6) is 0. The highest BCUT2D eigenvalue weighted by Crippen LogP contribution is 2.10. The van der Waals surface area contributed by atoms with Crippen LogP contribution in [0.2, 0.25) is 0 Å². The zero-order valence-electron chi connectivity index (χ0n) is 6.06. The van der Waals surface area contributed by atoms with Crippen molar-refractivity contribution >= 4 is 0 Å². The summed E-state index contributed by atoms with van der Waals surface area (Å²) in [7, 11) is 0. The molecular formula is C8H15N. The maximum absolute atomic E-state index is 5.80. The lowest BCUT2D eigenvalue weighted by Crippen LogP contribution is -2.34. The number of hydrogen-bond acceptors (Lipinski definition) is 1. The van der Waals surface area contributed by atoms with Crippen molar-refractivity contribution < 1.29 is 0 Å². The van der Waals surface area contributed by atoms with Crippen molar-refractivity contribution in [3.8, 4) is 0 Å². The van der Waals surface area contributed by atoms with Crippen molar-refractivity contribution in [2.24, 2.45) is 5.73 Å². The van der Waals surface area contributed by atoms with Gasteiger partial charge in [-0.05, 0) is 19.8 Å². The van der Waals surface area contributed by atoms with E-state index in [1.54, 1.807) is 0 Å². The Hall–Kier alpha value is -0.560. The molecule has 0 radical (unpaired) electrons. The maximum Gasteiger partial charge on any atom is 0.0195 e. The molecular weight excluding hydrogens is 110 g/mol. The van der Waals surface area contributed by atoms with Gasteiger partial charge in [0.25, 0.3) is 0 Å². The SMILES string of the molecule is C=CCC(C)(N)CC=C. The van der Waals surface area contributed by atoms with Crippen molar-refractivity contribution in [1.29, 1.82) is 0 Å². The first-order chi connectivity index (χ1) is 4.12. The van der Waals surface area contributed by atoms with E-state index in [4.69, 9.17) is 5.73 Å². The monoisotopic (exact) mass is 125 g/mol. The average Bonchev–Trinajstić information content (AvgIpc) is 1.64. The molecule has 0 spiro atoms. The van der Waals surface area contributed by atoms with E-state index in [0.717, 1.165) is 12.8 Å². The van der Waals surface area contributed by atoms with Crippen LogP contribution in [0.4, 0.5) is 0 Å². The molecule has 0 unspecified atom stereocenters. The van der Waals surface area contributed by atoms with E-state index in [0.29, 0.717) is 0 Å². The Morgan fingerprint density at radius 3 is 1.89 bits per heavy atom. The van der Waals surface area contributed by atoms with Gasteiger partial charge in [0, 0.05) is 5.54 Å². The summed E-state index contributed by atoms with van der Waals surface area (Å²) in [5.41, 5.74) is 5.66. The summed E-state index contributed by atoms with van der Waals surface area (Å²) < 4.78 is 0. The van der Waals surface area contributed by atoms with Crippen LogP contribution in [0, 0.1) is 0 Å². The van der Waals surface area contributed by atoms with E-state index in [1.807, 2.05) is 19.1 Å². The minimum absolute atomic E-state index is 0.135. The minimum Gasteiger partial charge on any atom is -0.325 e. The molecule has 0 atom stereocenters. The van der Waals surface area contributed by atoms with Gasteiger partial charge in [-0.1, -0.05) is 12.2 Å². The van der Waals surface area contributed by atoms with Gasteiger partial charge in [0.05, 0.1) is 0 Å². The molecule has 9 heavy (non-hydrogen) atoms. The van der Waals surface area contributed by atoms with E-state index in [2.05, 4.69) is 13.2 Å². The van der Waals surface area contributed by atoms with Gasteiger partial charge in [-0.2, -0.15) is 0 Å². The molecule has 0 bridgehead atoms. The van der Waals surface area contributed by atoms with Crippen molar-refractivity contribution in [2.75, 3.05) is 0 Å². The number of rotatable bonds is 4. The van der Waals surface area contributed by atoms with Gasteiger partial charge < -0.3 is 5.73 Å². The fraction of sp³-hybridized carbons (Fsp3) is 0.500. The zero-order valence-corrected chi connectivity index (χ0v) is 6.06. The van der Waals surface area contributed by atoms with Crippen LogP contribution in [0.1, 0.15) is 19.8 Å². The molecule has 0 saturated carbocycles. The molecule has 0 amide bonds. The van der Waals surface area contributed by atoms with Gasteiger partial charge in [0.15, 0.2) is 0 Å². The summed E-state index contributed by atoms with van der Waals surface area (Å²) in [6.07, 6.45) is 5.37. The third-order valence-electron chi connectivity index (χ3n) is 1.22. The zero-order chi connectivity index (χ0) is 7.33. The van der Waals surface area contributed by atoms with Crippen LogP contribution < -0.4 is 5.73 Å². The second-order valence-electron chi connectivity index (χ2n) is 2.64. The Kier molecular flexibility index (Phi) is 3.25. The van der Waals surface area contributed by atoms with Crippen LogP contribution >= 0.6 is 0 Å². The van der Waals surface area contributed by atoms with E-state index in [1.165, 1.54) is 0 Å². The largest absolute Gasteiger partial charge is 0.325 e. The standard InChI is InChI=1S/C8H15N/c1-4-6-8(3,9)7-5-2/h4-5H,1-2,6-7,9H2,3H3. The van der Waals surface area contributed by atoms with Crippen LogP contribution in [0.15, 0.2) is 25.3 Å². The summed E-state index contributed by atoms with van der Waals surface area (Å²) >= 11 is 0. The van der Waals surface area contributed by atoms with Crippen molar-refractivity contribution in [2.45, 2.75) is 25.3 Å². The van der Waals surface area contributed by atoms with Crippen molar-refractivity contribution in [1.82, 2.24) is 0 Å². The van der Waals surface area contributed by atoms with Gasteiger partial charge >= 0.3 is 0 Å². The lowest BCUT2D eigenvalue weighted by Gasteiger charge is -2.20. The highest BCUT2D eigenvalue weighted by Gasteiger charge is 2.12. The highest BCUT2D eigenvalue weighted by atomic mass is 14.7. The molecule has 0 saturated heterocycles. The Morgan fingerprint density at radius 2 is 1.67 bits per heavy atom. The molecule has 1 nitrogen and oxygen atoms in total. The first-order valence-electron chi connectivity index (χ1n) is 3.13.